The summed E-state index contributed by atoms with van der Waals surface area (Å²) in [6.07, 6.45) is 1.92. The molecule has 2 fully saturated rings. The van der Waals surface area contributed by atoms with Crippen molar-refractivity contribution in [1.82, 2.24) is 9.21 Å². The largest absolute Gasteiger partial charge is 0.476 e. The number of amides is 2. The number of morpholine rings is 1. The Labute approximate surface area is 205 Å². The Morgan fingerprint density at radius 1 is 0.857 bits per heavy atom. The average Bonchev–Trinajstić information content (AvgIpc) is 2.92. The molecule has 0 N–H and O–H groups in total. The first kappa shape index (κ1) is 23.8. The van der Waals surface area contributed by atoms with Gasteiger partial charge in [0.15, 0.2) is 6.10 Å². The molecule has 1 unspecified atom stereocenters. The van der Waals surface area contributed by atoms with E-state index in [1.54, 1.807) is 29.2 Å². The van der Waals surface area contributed by atoms with Crippen LogP contribution >= 0.6 is 0 Å². The van der Waals surface area contributed by atoms with Gasteiger partial charge in [-0.3, -0.25) is 9.59 Å². The first-order valence-corrected chi connectivity index (χ1v) is 13.4. The lowest BCUT2D eigenvalue weighted by atomic mass is 10.1. The van der Waals surface area contributed by atoms with Crippen LogP contribution in [-0.4, -0.2) is 81.5 Å². The molecule has 0 saturated carbocycles. The number of para-hydroxylation sites is 2. The molecule has 9 nitrogen and oxygen atoms in total. The second kappa shape index (κ2) is 9.96. The van der Waals surface area contributed by atoms with Gasteiger partial charge in [0.25, 0.3) is 11.8 Å². The van der Waals surface area contributed by atoms with E-state index in [9.17, 15) is 18.0 Å². The van der Waals surface area contributed by atoms with E-state index in [-0.39, 0.29) is 23.3 Å². The van der Waals surface area contributed by atoms with Gasteiger partial charge < -0.3 is 19.3 Å². The Morgan fingerprint density at radius 3 is 2.26 bits per heavy atom. The molecular weight excluding hydrogens is 470 g/mol. The Bertz CT molecular complexity index is 1190. The van der Waals surface area contributed by atoms with E-state index in [0.29, 0.717) is 56.4 Å². The number of fused-ring (bicyclic) bond motifs is 1. The molecule has 0 bridgehead atoms. The van der Waals surface area contributed by atoms with Crippen LogP contribution in [0.15, 0.2) is 53.4 Å². The molecular formula is C25H29N3O6S. The Balaban J connectivity index is 1.38. The Morgan fingerprint density at radius 2 is 1.54 bits per heavy atom. The summed E-state index contributed by atoms with van der Waals surface area (Å²) in [5.41, 5.74) is 0.922. The van der Waals surface area contributed by atoms with Crippen molar-refractivity contribution in [3.8, 4) is 5.75 Å². The predicted molar refractivity (Wildman–Crippen MR) is 129 cm³/mol. The molecule has 10 heteroatoms. The number of hydrogen-bond acceptors (Lipinski definition) is 6. The lowest BCUT2D eigenvalue weighted by molar-refractivity contribution is -0.142. The van der Waals surface area contributed by atoms with Crippen molar-refractivity contribution in [3.63, 3.8) is 0 Å². The second-order valence-electron chi connectivity index (χ2n) is 8.92. The first-order valence-electron chi connectivity index (χ1n) is 12.0. The van der Waals surface area contributed by atoms with Crippen molar-refractivity contribution >= 4 is 27.5 Å². The highest BCUT2D eigenvalue weighted by molar-refractivity contribution is 7.89. The topological polar surface area (TPSA) is 96.5 Å². The average molecular weight is 500 g/mol. The van der Waals surface area contributed by atoms with Crippen molar-refractivity contribution in [2.45, 2.75) is 30.3 Å². The van der Waals surface area contributed by atoms with Gasteiger partial charge in [-0.2, -0.15) is 4.31 Å². The summed E-state index contributed by atoms with van der Waals surface area (Å²) in [5, 5.41) is 0. The van der Waals surface area contributed by atoms with E-state index in [1.807, 2.05) is 0 Å². The molecule has 2 aromatic rings. The van der Waals surface area contributed by atoms with Gasteiger partial charge in [-0.25, -0.2) is 8.42 Å². The van der Waals surface area contributed by atoms with Crippen molar-refractivity contribution in [1.29, 1.82) is 0 Å². The summed E-state index contributed by atoms with van der Waals surface area (Å²) in [6, 6.07) is 13.2. The van der Waals surface area contributed by atoms with E-state index in [4.69, 9.17) is 9.47 Å². The molecule has 0 aliphatic carbocycles. The van der Waals surface area contributed by atoms with Gasteiger partial charge in [0.05, 0.1) is 30.3 Å². The van der Waals surface area contributed by atoms with Gasteiger partial charge in [-0.1, -0.05) is 18.6 Å². The van der Waals surface area contributed by atoms with Crippen LogP contribution in [0.5, 0.6) is 5.75 Å². The number of hydrogen-bond donors (Lipinski definition) is 0. The third-order valence-corrected chi connectivity index (χ3v) is 8.58. The molecule has 2 saturated heterocycles. The molecule has 2 aromatic carbocycles. The van der Waals surface area contributed by atoms with Crippen LogP contribution < -0.4 is 9.64 Å². The van der Waals surface area contributed by atoms with Crippen LogP contribution in [0.4, 0.5) is 5.69 Å². The number of ether oxygens (including phenoxy) is 2. The monoisotopic (exact) mass is 499 g/mol. The summed E-state index contributed by atoms with van der Waals surface area (Å²) in [5.74, 6) is -0.0333. The number of carbonyl (C=O) groups excluding carboxylic acids is 2. The van der Waals surface area contributed by atoms with Gasteiger partial charge in [-0.15, -0.1) is 0 Å². The van der Waals surface area contributed by atoms with Gasteiger partial charge in [0, 0.05) is 31.7 Å². The zero-order valence-electron chi connectivity index (χ0n) is 19.5. The minimum absolute atomic E-state index is 0.0693. The molecule has 35 heavy (non-hydrogen) atoms. The molecule has 3 aliphatic rings. The number of benzene rings is 2. The summed E-state index contributed by atoms with van der Waals surface area (Å²) in [7, 11) is -3.58. The summed E-state index contributed by atoms with van der Waals surface area (Å²) >= 11 is 0. The highest BCUT2D eigenvalue weighted by Crippen LogP contribution is 2.34. The number of anilines is 1. The zero-order valence-corrected chi connectivity index (χ0v) is 20.3. The Kier molecular flexibility index (Phi) is 6.77. The fourth-order valence-electron chi connectivity index (χ4n) is 4.72. The lowest BCUT2D eigenvalue weighted by Crippen LogP contribution is -2.54. The number of carbonyl (C=O) groups is 2. The zero-order chi connectivity index (χ0) is 24.4. The van der Waals surface area contributed by atoms with Gasteiger partial charge in [-0.05, 0) is 49.2 Å². The molecule has 186 valence electrons. The van der Waals surface area contributed by atoms with E-state index >= 15 is 0 Å². The third kappa shape index (κ3) is 4.78. The second-order valence-corrected chi connectivity index (χ2v) is 10.9. The third-order valence-electron chi connectivity index (χ3n) is 6.67. The van der Waals surface area contributed by atoms with Crippen molar-refractivity contribution < 1.29 is 27.5 Å². The summed E-state index contributed by atoms with van der Waals surface area (Å²) in [4.78, 5) is 30.1. The van der Waals surface area contributed by atoms with Crippen molar-refractivity contribution in [2.75, 3.05) is 50.8 Å². The summed E-state index contributed by atoms with van der Waals surface area (Å²) < 4.78 is 38.8. The minimum Gasteiger partial charge on any atom is -0.476 e. The quantitative estimate of drug-likeness (QED) is 0.640. The molecule has 0 aromatic heterocycles. The van der Waals surface area contributed by atoms with Crippen LogP contribution in [0.3, 0.4) is 0 Å². The standard InChI is InChI=1S/C25H29N3O6S/c29-24(19-8-10-20(11-9-19)35(31,32)27-12-4-1-5-13-27)28-18-23(25(30)26-14-16-33-17-15-26)34-22-7-3-2-6-21(22)28/h2-3,6-11,23H,1,4-5,12-18H2. The molecule has 3 heterocycles. The summed E-state index contributed by atoms with van der Waals surface area (Å²) in [6.45, 7) is 3.04. The SMILES string of the molecule is O=C(C1CN(C(=O)c2ccc(S(=O)(=O)N3CCCCC3)cc2)c2ccccc2O1)N1CCOCC1. The highest BCUT2D eigenvalue weighted by atomic mass is 32.2. The minimum atomic E-state index is -3.58. The number of sulfonamides is 1. The lowest BCUT2D eigenvalue weighted by Gasteiger charge is -2.37. The molecule has 1 atom stereocenters. The van der Waals surface area contributed by atoms with Crippen molar-refractivity contribution in [2.24, 2.45) is 0 Å². The van der Waals surface area contributed by atoms with Crippen LogP contribution in [0.2, 0.25) is 0 Å². The van der Waals surface area contributed by atoms with Gasteiger partial charge >= 0.3 is 0 Å². The van der Waals surface area contributed by atoms with Gasteiger partial charge in [0.2, 0.25) is 10.0 Å². The maximum absolute atomic E-state index is 13.5. The number of nitrogens with zero attached hydrogens (tertiary/aromatic N) is 3. The fourth-order valence-corrected chi connectivity index (χ4v) is 6.24. The number of piperidine rings is 1. The van der Waals surface area contributed by atoms with Crippen LogP contribution in [0.1, 0.15) is 29.6 Å². The Hall–Kier alpha value is -2.95. The number of rotatable bonds is 4. The highest BCUT2D eigenvalue weighted by Gasteiger charge is 2.37. The first-order chi connectivity index (χ1) is 16.9. The maximum atomic E-state index is 13.5. The van der Waals surface area contributed by atoms with Crippen LogP contribution in [0, 0.1) is 0 Å². The molecule has 5 rings (SSSR count). The fraction of sp³-hybridized carbons (Fsp3) is 0.440. The van der Waals surface area contributed by atoms with E-state index in [0.717, 1.165) is 19.3 Å². The smallest absolute Gasteiger partial charge is 0.265 e. The maximum Gasteiger partial charge on any atom is 0.265 e. The van der Waals surface area contributed by atoms with Crippen LogP contribution in [-0.2, 0) is 19.6 Å². The van der Waals surface area contributed by atoms with E-state index in [2.05, 4.69) is 0 Å². The van der Waals surface area contributed by atoms with Crippen molar-refractivity contribution in [3.05, 3.63) is 54.1 Å². The normalized spacial score (nSPS) is 21.2. The van der Waals surface area contributed by atoms with Gasteiger partial charge in [0.1, 0.15) is 5.75 Å². The van der Waals surface area contributed by atoms with E-state index in [1.165, 1.54) is 33.5 Å². The molecule has 0 radical (unpaired) electrons. The predicted octanol–water partition coefficient (Wildman–Crippen LogP) is 2.13. The van der Waals surface area contributed by atoms with Crippen LogP contribution in [0.25, 0.3) is 0 Å². The van der Waals surface area contributed by atoms with E-state index < -0.39 is 16.1 Å². The molecule has 2 amide bonds. The molecule has 3 aliphatic heterocycles. The molecule has 0 spiro atoms.